The third kappa shape index (κ3) is 3.89. The lowest BCUT2D eigenvalue weighted by Crippen LogP contribution is -2.36. The fourth-order valence-electron chi connectivity index (χ4n) is 1.78. The van der Waals surface area contributed by atoms with Crippen LogP contribution in [0.5, 0.6) is 0 Å². The summed E-state index contributed by atoms with van der Waals surface area (Å²) in [5.74, 6) is 0. The minimum atomic E-state index is -4.00. The van der Waals surface area contributed by atoms with E-state index in [9.17, 15) is 8.42 Å². The van der Waals surface area contributed by atoms with Crippen molar-refractivity contribution in [3.05, 3.63) is 24.3 Å². The third-order valence-electron chi connectivity index (χ3n) is 2.94. The summed E-state index contributed by atoms with van der Waals surface area (Å²) in [5, 5.41) is -0.769. The molecule has 102 valence electrons. The number of rotatable bonds is 6. The van der Waals surface area contributed by atoms with Crippen LogP contribution in [0, 0.1) is 0 Å². The summed E-state index contributed by atoms with van der Waals surface area (Å²) in [6.45, 7) is 4.62. The standard InChI is InChI=1S/C12H20N2O3S/c1-3-12(18(15,16)17)9-14(4-2)11-7-5-10(13)6-8-11/h5-8,12H,3-4,9,13H2,1-2H3,(H,15,16,17). The van der Waals surface area contributed by atoms with E-state index < -0.39 is 15.4 Å². The van der Waals surface area contributed by atoms with Gasteiger partial charge in [-0.15, -0.1) is 0 Å². The minimum absolute atomic E-state index is 0.274. The first-order valence-electron chi connectivity index (χ1n) is 5.95. The van der Waals surface area contributed by atoms with Crippen molar-refractivity contribution < 1.29 is 13.0 Å². The Morgan fingerprint density at radius 1 is 1.28 bits per heavy atom. The molecule has 0 heterocycles. The molecule has 0 aliphatic heterocycles. The molecule has 0 bridgehead atoms. The Morgan fingerprint density at radius 3 is 2.22 bits per heavy atom. The van der Waals surface area contributed by atoms with Crippen molar-refractivity contribution in [3.8, 4) is 0 Å². The molecule has 0 aliphatic carbocycles. The van der Waals surface area contributed by atoms with Gasteiger partial charge in [0.15, 0.2) is 0 Å². The van der Waals surface area contributed by atoms with E-state index >= 15 is 0 Å². The second-order valence-corrected chi connectivity index (χ2v) is 5.87. The lowest BCUT2D eigenvalue weighted by molar-refractivity contribution is 0.463. The van der Waals surface area contributed by atoms with Gasteiger partial charge >= 0.3 is 0 Å². The van der Waals surface area contributed by atoms with Gasteiger partial charge in [-0.1, -0.05) is 6.92 Å². The second kappa shape index (κ2) is 6.06. The zero-order valence-corrected chi connectivity index (χ0v) is 11.5. The lowest BCUT2D eigenvalue weighted by Gasteiger charge is -2.26. The molecule has 0 saturated heterocycles. The highest BCUT2D eigenvalue weighted by Crippen LogP contribution is 2.18. The molecule has 5 nitrogen and oxygen atoms in total. The number of nitrogens with two attached hydrogens (primary N) is 1. The Balaban J connectivity index is 2.87. The van der Waals surface area contributed by atoms with Gasteiger partial charge in [0.2, 0.25) is 0 Å². The topological polar surface area (TPSA) is 83.6 Å². The quantitative estimate of drug-likeness (QED) is 0.609. The monoisotopic (exact) mass is 272 g/mol. The molecule has 0 radical (unpaired) electrons. The van der Waals surface area contributed by atoms with Crippen LogP contribution in [0.2, 0.25) is 0 Å². The number of hydrogen-bond acceptors (Lipinski definition) is 4. The van der Waals surface area contributed by atoms with Crippen LogP contribution in [0.25, 0.3) is 0 Å². The minimum Gasteiger partial charge on any atom is -0.399 e. The second-order valence-electron chi connectivity index (χ2n) is 4.18. The lowest BCUT2D eigenvalue weighted by atomic mass is 10.2. The van der Waals surface area contributed by atoms with E-state index in [1.807, 2.05) is 24.0 Å². The van der Waals surface area contributed by atoms with E-state index in [4.69, 9.17) is 10.3 Å². The molecular formula is C12H20N2O3S. The van der Waals surface area contributed by atoms with Gasteiger partial charge in [0.1, 0.15) is 5.25 Å². The van der Waals surface area contributed by atoms with E-state index in [1.54, 1.807) is 19.1 Å². The molecule has 1 unspecified atom stereocenters. The van der Waals surface area contributed by atoms with Crippen LogP contribution in [0.1, 0.15) is 20.3 Å². The molecule has 0 aromatic heterocycles. The number of hydrogen-bond donors (Lipinski definition) is 2. The SMILES string of the molecule is CCC(CN(CC)c1ccc(N)cc1)S(=O)(=O)O. The van der Waals surface area contributed by atoms with Gasteiger partial charge in [0.25, 0.3) is 10.1 Å². The molecule has 0 aliphatic rings. The fraction of sp³-hybridized carbons (Fsp3) is 0.500. The van der Waals surface area contributed by atoms with Gasteiger partial charge in [0.05, 0.1) is 0 Å². The Hall–Kier alpha value is -1.27. The first-order valence-corrected chi connectivity index (χ1v) is 7.45. The van der Waals surface area contributed by atoms with Crippen LogP contribution in [0.4, 0.5) is 11.4 Å². The first kappa shape index (κ1) is 14.8. The smallest absolute Gasteiger partial charge is 0.269 e. The predicted molar refractivity (Wildman–Crippen MR) is 74.4 cm³/mol. The van der Waals surface area contributed by atoms with Crippen LogP contribution in [-0.4, -0.2) is 31.3 Å². The number of nitrogen functional groups attached to an aromatic ring is 1. The van der Waals surface area contributed by atoms with Crippen molar-refractivity contribution in [2.75, 3.05) is 23.7 Å². The maximum atomic E-state index is 11.2. The Labute approximate surface area is 108 Å². The Kier molecular flexibility index (Phi) is 4.98. The van der Waals surface area contributed by atoms with Crippen molar-refractivity contribution in [1.29, 1.82) is 0 Å². The third-order valence-corrected chi connectivity index (χ3v) is 4.27. The Bertz CT molecular complexity index is 471. The maximum absolute atomic E-state index is 11.2. The van der Waals surface area contributed by atoms with Crippen LogP contribution >= 0.6 is 0 Å². The summed E-state index contributed by atoms with van der Waals surface area (Å²) in [6.07, 6.45) is 0.379. The molecular weight excluding hydrogens is 252 g/mol. The van der Waals surface area contributed by atoms with Crippen molar-refractivity contribution in [2.45, 2.75) is 25.5 Å². The summed E-state index contributed by atoms with van der Waals surface area (Å²) in [5.41, 5.74) is 7.17. The van der Waals surface area contributed by atoms with E-state index in [2.05, 4.69) is 0 Å². The van der Waals surface area contributed by atoms with Gasteiger partial charge in [-0.05, 0) is 37.6 Å². The molecule has 1 rings (SSSR count). The molecule has 0 spiro atoms. The number of nitrogens with zero attached hydrogens (tertiary/aromatic N) is 1. The van der Waals surface area contributed by atoms with Crippen LogP contribution in [0.15, 0.2) is 24.3 Å². The van der Waals surface area contributed by atoms with E-state index in [-0.39, 0.29) is 6.54 Å². The largest absolute Gasteiger partial charge is 0.399 e. The number of anilines is 2. The van der Waals surface area contributed by atoms with E-state index in [0.717, 1.165) is 5.69 Å². The van der Waals surface area contributed by atoms with Crippen molar-refractivity contribution >= 4 is 21.5 Å². The zero-order valence-electron chi connectivity index (χ0n) is 10.7. The highest BCUT2D eigenvalue weighted by Gasteiger charge is 2.23. The first-order chi connectivity index (χ1) is 8.38. The highest BCUT2D eigenvalue weighted by atomic mass is 32.2. The van der Waals surface area contributed by atoms with Gasteiger partial charge in [0, 0.05) is 24.5 Å². The van der Waals surface area contributed by atoms with Gasteiger partial charge in [-0.3, -0.25) is 4.55 Å². The van der Waals surface area contributed by atoms with E-state index in [0.29, 0.717) is 18.7 Å². The Morgan fingerprint density at radius 2 is 1.83 bits per heavy atom. The van der Waals surface area contributed by atoms with Gasteiger partial charge in [-0.2, -0.15) is 8.42 Å². The number of benzene rings is 1. The van der Waals surface area contributed by atoms with Crippen LogP contribution < -0.4 is 10.6 Å². The van der Waals surface area contributed by atoms with Crippen molar-refractivity contribution in [3.63, 3.8) is 0 Å². The molecule has 0 fully saturated rings. The summed E-state index contributed by atoms with van der Waals surface area (Å²) in [7, 11) is -4.00. The predicted octanol–water partition coefficient (Wildman–Crippen LogP) is 1.76. The maximum Gasteiger partial charge on any atom is 0.269 e. The summed E-state index contributed by atoms with van der Waals surface area (Å²) >= 11 is 0. The van der Waals surface area contributed by atoms with Gasteiger partial charge in [-0.25, -0.2) is 0 Å². The molecule has 1 atom stereocenters. The van der Waals surface area contributed by atoms with Crippen molar-refractivity contribution in [2.24, 2.45) is 0 Å². The summed E-state index contributed by atoms with van der Waals surface area (Å²) < 4.78 is 31.6. The normalized spacial score (nSPS) is 13.3. The van der Waals surface area contributed by atoms with E-state index in [1.165, 1.54) is 0 Å². The average molecular weight is 272 g/mol. The average Bonchev–Trinajstić information content (AvgIpc) is 2.30. The molecule has 1 aromatic rings. The van der Waals surface area contributed by atoms with Gasteiger partial charge < -0.3 is 10.6 Å². The summed E-state index contributed by atoms with van der Waals surface area (Å²) in [6, 6.07) is 7.23. The zero-order chi connectivity index (χ0) is 13.8. The van der Waals surface area contributed by atoms with Crippen LogP contribution in [-0.2, 0) is 10.1 Å². The summed E-state index contributed by atoms with van der Waals surface area (Å²) in [4.78, 5) is 1.90. The fourth-order valence-corrected chi connectivity index (χ4v) is 2.57. The molecule has 0 saturated carbocycles. The molecule has 18 heavy (non-hydrogen) atoms. The molecule has 0 amide bonds. The molecule has 6 heteroatoms. The highest BCUT2D eigenvalue weighted by molar-refractivity contribution is 7.86. The van der Waals surface area contributed by atoms with Crippen LogP contribution in [0.3, 0.4) is 0 Å². The van der Waals surface area contributed by atoms with Crippen molar-refractivity contribution in [1.82, 2.24) is 0 Å². The molecule has 3 N–H and O–H groups in total. The molecule has 1 aromatic carbocycles.